The minimum absolute atomic E-state index is 0.319. The van der Waals surface area contributed by atoms with Gasteiger partial charge in [0.15, 0.2) is 0 Å². The Morgan fingerprint density at radius 1 is 1.23 bits per heavy atom. The lowest BCUT2D eigenvalue weighted by atomic mass is 10.00. The van der Waals surface area contributed by atoms with E-state index in [0.717, 1.165) is 5.69 Å². The molecule has 1 aromatic carbocycles. The third kappa shape index (κ3) is 2.01. The Balaban J connectivity index is 3.15. The number of benzene rings is 1. The highest BCUT2D eigenvalue weighted by atomic mass is 14.9. The third-order valence-electron chi connectivity index (χ3n) is 2.60. The summed E-state index contributed by atoms with van der Waals surface area (Å²) in [6.45, 7) is 6.31. The van der Waals surface area contributed by atoms with Crippen LogP contribution in [0.5, 0.6) is 0 Å². The lowest BCUT2D eigenvalue weighted by Crippen LogP contribution is -2.14. The Hall–Kier alpha value is -1.02. The molecule has 0 fully saturated rings. The van der Waals surface area contributed by atoms with Gasteiger partial charge in [0, 0.05) is 11.7 Å². The van der Waals surface area contributed by atoms with E-state index >= 15 is 0 Å². The summed E-state index contributed by atoms with van der Waals surface area (Å²) in [5, 5.41) is 3.19. The molecule has 0 bridgehead atoms. The maximum atomic E-state index is 5.93. The largest absolute Gasteiger partial charge is 0.398 e. The Morgan fingerprint density at radius 3 is 2.31 bits per heavy atom. The minimum atomic E-state index is 0.319. The molecule has 0 radical (unpaired) electrons. The van der Waals surface area contributed by atoms with E-state index in [4.69, 9.17) is 5.73 Å². The molecule has 3 N–H and O–H groups in total. The summed E-state index contributed by atoms with van der Waals surface area (Å²) in [7, 11) is 1.94. The maximum absolute atomic E-state index is 5.93. The van der Waals surface area contributed by atoms with Crippen LogP contribution in [-0.4, -0.2) is 7.05 Å². The van der Waals surface area contributed by atoms with Gasteiger partial charge < -0.3 is 11.1 Å². The molecule has 13 heavy (non-hydrogen) atoms. The third-order valence-corrected chi connectivity index (χ3v) is 2.60. The first-order valence-electron chi connectivity index (χ1n) is 4.60. The van der Waals surface area contributed by atoms with Crippen molar-refractivity contribution >= 4 is 5.69 Å². The fourth-order valence-corrected chi connectivity index (χ4v) is 1.39. The van der Waals surface area contributed by atoms with Crippen molar-refractivity contribution in [2.45, 2.75) is 26.8 Å². The molecular weight excluding hydrogens is 160 g/mol. The minimum Gasteiger partial charge on any atom is -0.398 e. The van der Waals surface area contributed by atoms with Gasteiger partial charge in [-0.25, -0.2) is 0 Å². The molecule has 0 aliphatic heterocycles. The topological polar surface area (TPSA) is 38.0 Å². The molecule has 2 nitrogen and oxygen atoms in total. The Morgan fingerprint density at radius 2 is 1.77 bits per heavy atom. The second-order valence-electron chi connectivity index (χ2n) is 3.58. The van der Waals surface area contributed by atoms with Crippen molar-refractivity contribution in [2.24, 2.45) is 0 Å². The van der Waals surface area contributed by atoms with Gasteiger partial charge in [0.2, 0.25) is 0 Å². The van der Waals surface area contributed by atoms with Gasteiger partial charge in [-0.15, -0.1) is 0 Å². The van der Waals surface area contributed by atoms with E-state index in [1.165, 1.54) is 16.7 Å². The van der Waals surface area contributed by atoms with Gasteiger partial charge in [-0.2, -0.15) is 0 Å². The number of aryl methyl sites for hydroxylation is 2. The molecule has 0 saturated heterocycles. The van der Waals surface area contributed by atoms with Crippen LogP contribution >= 0.6 is 0 Å². The summed E-state index contributed by atoms with van der Waals surface area (Å²) in [5.41, 5.74) is 10.5. The predicted molar refractivity (Wildman–Crippen MR) is 57.8 cm³/mol. The van der Waals surface area contributed by atoms with E-state index < -0.39 is 0 Å². The number of hydrogen-bond donors (Lipinski definition) is 2. The molecule has 0 aliphatic rings. The van der Waals surface area contributed by atoms with E-state index in [-0.39, 0.29) is 0 Å². The number of hydrogen-bond acceptors (Lipinski definition) is 2. The quantitative estimate of drug-likeness (QED) is 0.681. The fraction of sp³-hybridized carbons (Fsp3) is 0.455. The van der Waals surface area contributed by atoms with E-state index in [1.54, 1.807) is 0 Å². The molecule has 1 atom stereocenters. The molecule has 1 rings (SSSR count). The molecule has 0 aromatic heterocycles. The zero-order chi connectivity index (χ0) is 10.0. The molecule has 0 spiro atoms. The number of nitrogens with two attached hydrogens (primary N) is 1. The van der Waals surface area contributed by atoms with Gasteiger partial charge >= 0.3 is 0 Å². The van der Waals surface area contributed by atoms with Crippen LogP contribution in [0.25, 0.3) is 0 Å². The maximum Gasteiger partial charge on any atom is 0.0365 e. The summed E-state index contributed by atoms with van der Waals surface area (Å²) in [6.07, 6.45) is 0. The predicted octanol–water partition coefficient (Wildman–Crippen LogP) is 2.17. The summed E-state index contributed by atoms with van der Waals surface area (Å²) in [6, 6.07) is 4.52. The van der Waals surface area contributed by atoms with E-state index in [9.17, 15) is 0 Å². The van der Waals surface area contributed by atoms with Crippen molar-refractivity contribution in [1.29, 1.82) is 0 Å². The average Bonchev–Trinajstić information content (AvgIpc) is 2.10. The first kappa shape index (κ1) is 10.1. The standard InChI is InChI=1S/C11H18N2/c1-7-5-10(9(3)13-4)11(12)6-8(7)2/h5-6,9,13H,12H2,1-4H3. The lowest BCUT2D eigenvalue weighted by Gasteiger charge is -2.15. The summed E-state index contributed by atoms with van der Waals surface area (Å²) < 4.78 is 0. The number of rotatable bonds is 2. The number of nitrogens with one attached hydrogen (secondary N) is 1. The van der Waals surface area contributed by atoms with Crippen LogP contribution in [0, 0.1) is 13.8 Å². The molecule has 72 valence electrons. The summed E-state index contributed by atoms with van der Waals surface area (Å²) in [4.78, 5) is 0. The van der Waals surface area contributed by atoms with E-state index in [0.29, 0.717) is 6.04 Å². The van der Waals surface area contributed by atoms with E-state index in [1.807, 2.05) is 13.1 Å². The second-order valence-corrected chi connectivity index (χ2v) is 3.58. The van der Waals surface area contributed by atoms with Gasteiger partial charge in [-0.05, 0) is 50.6 Å². The van der Waals surface area contributed by atoms with Crippen LogP contribution in [0.15, 0.2) is 12.1 Å². The Labute approximate surface area is 80.1 Å². The molecule has 1 unspecified atom stereocenters. The van der Waals surface area contributed by atoms with Crippen LogP contribution in [-0.2, 0) is 0 Å². The van der Waals surface area contributed by atoms with Crippen LogP contribution in [0.1, 0.15) is 29.7 Å². The number of nitrogen functional groups attached to an aromatic ring is 1. The summed E-state index contributed by atoms with van der Waals surface area (Å²) in [5.74, 6) is 0. The highest BCUT2D eigenvalue weighted by Gasteiger charge is 2.07. The fourth-order valence-electron chi connectivity index (χ4n) is 1.39. The molecule has 1 aromatic rings. The second kappa shape index (κ2) is 3.79. The van der Waals surface area contributed by atoms with E-state index in [2.05, 4.69) is 32.2 Å². The highest BCUT2D eigenvalue weighted by Crippen LogP contribution is 2.23. The van der Waals surface area contributed by atoms with Crippen molar-refractivity contribution in [1.82, 2.24) is 5.32 Å². The molecule has 0 aliphatic carbocycles. The van der Waals surface area contributed by atoms with Crippen molar-refractivity contribution in [3.05, 3.63) is 28.8 Å². The first-order valence-corrected chi connectivity index (χ1v) is 4.60. The highest BCUT2D eigenvalue weighted by molar-refractivity contribution is 5.53. The lowest BCUT2D eigenvalue weighted by molar-refractivity contribution is 0.653. The summed E-state index contributed by atoms with van der Waals surface area (Å²) >= 11 is 0. The van der Waals surface area contributed by atoms with Gasteiger partial charge in [-0.1, -0.05) is 6.07 Å². The van der Waals surface area contributed by atoms with Crippen LogP contribution in [0.2, 0.25) is 0 Å². The van der Waals surface area contributed by atoms with Gasteiger partial charge in [0.05, 0.1) is 0 Å². The van der Waals surface area contributed by atoms with Crippen molar-refractivity contribution in [2.75, 3.05) is 12.8 Å². The monoisotopic (exact) mass is 178 g/mol. The Kier molecular flexibility index (Phi) is 2.94. The van der Waals surface area contributed by atoms with Crippen molar-refractivity contribution in [3.63, 3.8) is 0 Å². The number of anilines is 1. The molecule has 2 heteroatoms. The molecule has 0 heterocycles. The normalized spacial score (nSPS) is 12.9. The molecule has 0 amide bonds. The SMILES string of the molecule is CNC(C)c1cc(C)c(C)cc1N. The van der Waals surface area contributed by atoms with Gasteiger partial charge in [0.25, 0.3) is 0 Å². The van der Waals surface area contributed by atoms with Crippen LogP contribution in [0.3, 0.4) is 0 Å². The molecular formula is C11H18N2. The first-order chi connectivity index (χ1) is 6.06. The van der Waals surface area contributed by atoms with Crippen LogP contribution < -0.4 is 11.1 Å². The van der Waals surface area contributed by atoms with Crippen molar-refractivity contribution in [3.8, 4) is 0 Å². The van der Waals surface area contributed by atoms with Gasteiger partial charge in [-0.3, -0.25) is 0 Å². The zero-order valence-electron chi connectivity index (χ0n) is 8.81. The average molecular weight is 178 g/mol. The van der Waals surface area contributed by atoms with Crippen LogP contribution in [0.4, 0.5) is 5.69 Å². The van der Waals surface area contributed by atoms with Crippen molar-refractivity contribution < 1.29 is 0 Å². The zero-order valence-corrected chi connectivity index (χ0v) is 8.81. The molecule has 0 saturated carbocycles. The Bertz CT molecular complexity index is 305. The smallest absolute Gasteiger partial charge is 0.0365 e. The van der Waals surface area contributed by atoms with Gasteiger partial charge in [0.1, 0.15) is 0 Å².